The Morgan fingerprint density at radius 3 is 3.00 bits per heavy atom. The quantitative estimate of drug-likeness (QED) is 0.908. The largest absolute Gasteiger partial charge is 0.328 e. The van der Waals surface area contributed by atoms with Crippen LogP contribution in [-0.2, 0) is 6.42 Å². The summed E-state index contributed by atoms with van der Waals surface area (Å²) in [6, 6.07) is 4.36. The number of fused-ring (bicyclic) bond motifs is 1. The summed E-state index contributed by atoms with van der Waals surface area (Å²) >= 11 is 3.50. The Labute approximate surface area is 97.4 Å². The van der Waals surface area contributed by atoms with E-state index in [0.717, 1.165) is 22.4 Å². The number of rotatable bonds is 2. The Hall–Kier alpha value is -0.870. The van der Waals surface area contributed by atoms with Crippen molar-refractivity contribution in [1.82, 2.24) is 9.38 Å². The van der Waals surface area contributed by atoms with Gasteiger partial charge in [0, 0.05) is 12.2 Å². The zero-order valence-electron chi connectivity index (χ0n) is 8.87. The number of aromatic nitrogens is 2. The molecule has 1 atom stereocenters. The summed E-state index contributed by atoms with van der Waals surface area (Å²) < 4.78 is 3.05. The third kappa shape index (κ3) is 2.06. The number of hydrogen-bond donors (Lipinski definition) is 1. The van der Waals surface area contributed by atoms with E-state index in [9.17, 15) is 0 Å². The molecule has 0 radical (unpaired) electrons. The molecule has 80 valence electrons. The third-order valence-electron chi connectivity index (χ3n) is 2.35. The summed E-state index contributed by atoms with van der Waals surface area (Å²) in [6.45, 7) is 4.00. The van der Waals surface area contributed by atoms with Crippen molar-refractivity contribution in [3.63, 3.8) is 0 Å². The van der Waals surface area contributed by atoms with Crippen molar-refractivity contribution in [3.05, 3.63) is 34.2 Å². The second-order valence-corrected chi connectivity index (χ2v) is 4.68. The topological polar surface area (TPSA) is 43.3 Å². The maximum absolute atomic E-state index is 5.77. The molecule has 15 heavy (non-hydrogen) atoms. The predicted molar refractivity (Wildman–Crippen MR) is 65.0 cm³/mol. The van der Waals surface area contributed by atoms with Crippen LogP contribution in [0.1, 0.15) is 18.2 Å². The highest BCUT2D eigenvalue weighted by molar-refractivity contribution is 9.10. The van der Waals surface area contributed by atoms with E-state index < -0.39 is 0 Å². The average Bonchev–Trinajstić information content (AvgIpc) is 2.41. The van der Waals surface area contributed by atoms with Gasteiger partial charge in [-0.05, 0) is 53.9 Å². The molecule has 0 saturated heterocycles. The molecule has 0 fully saturated rings. The van der Waals surface area contributed by atoms with Crippen molar-refractivity contribution in [3.8, 4) is 0 Å². The van der Waals surface area contributed by atoms with Crippen molar-refractivity contribution in [2.45, 2.75) is 26.3 Å². The molecular weight excluding hydrogens is 254 g/mol. The van der Waals surface area contributed by atoms with Crippen LogP contribution in [0, 0.1) is 6.92 Å². The zero-order valence-corrected chi connectivity index (χ0v) is 10.5. The van der Waals surface area contributed by atoms with Gasteiger partial charge in [-0.15, -0.1) is 0 Å². The van der Waals surface area contributed by atoms with Crippen LogP contribution in [0.3, 0.4) is 0 Å². The number of imidazole rings is 1. The number of aryl methyl sites for hydroxylation is 1. The van der Waals surface area contributed by atoms with Crippen LogP contribution in [0.4, 0.5) is 0 Å². The van der Waals surface area contributed by atoms with Gasteiger partial charge in [-0.1, -0.05) is 0 Å². The first-order chi connectivity index (χ1) is 7.08. The van der Waals surface area contributed by atoms with E-state index in [-0.39, 0.29) is 6.04 Å². The molecule has 2 N–H and O–H groups in total. The van der Waals surface area contributed by atoms with Crippen LogP contribution in [0.25, 0.3) is 5.65 Å². The molecule has 0 spiro atoms. The maximum Gasteiger partial charge on any atom is 0.138 e. The lowest BCUT2D eigenvalue weighted by Crippen LogP contribution is -2.17. The molecule has 0 saturated carbocycles. The minimum absolute atomic E-state index is 0.187. The SMILES string of the molecule is Cc1nc2cc(CC(C)N)ccn2c1Br. The minimum Gasteiger partial charge on any atom is -0.328 e. The first-order valence-electron chi connectivity index (χ1n) is 4.96. The van der Waals surface area contributed by atoms with Crippen molar-refractivity contribution >= 4 is 21.6 Å². The Morgan fingerprint density at radius 1 is 1.60 bits per heavy atom. The number of pyridine rings is 1. The predicted octanol–water partition coefficient (Wildman–Crippen LogP) is 2.29. The molecule has 0 bridgehead atoms. The van der Waals surface area contributed by atoms with Crippen molar-refractivity contribution in [2.24, 2.45) is 5.73 Å². The van der Waals surface area contributed by atoms with E-state index in [4.69, 9.17) is 5.73 Å². The summed E-state index contributed by atoms with van der Waals surface area (Å²) in [4.78, 5) is 4.46. The number of nitrogens with two attached hydrogens (primary N) is 1. The Morgan fingerprint density at radius 2 is 2.33 bits per heavy atom. The van der Waals surface area contributed by atoms with Crippen LogP contribution in [0.2, 0.25) is 0 Å². The summed E-state index contributed by atoms with van der Waals surface area (Å²) in [5.41, 5.74) is 8.98. The van der Waals surface area contributed by atoms with Crippen LogP contribution in [0.15, 0.2) is 22.9 Å². The first-order valence-corrected chi connectivity index (χ1v) is 5.76. The molecule has 0 aliphatic heterocycles. The van der Waals surface area contributed by atoms with Gasteiger partial charge in [0.2, 0.25) is 0 Å². The molecule has 4 heteroatoms. The second kappa shape index (κ2) is 3.94. The van der Waals surface area contributed by atoms with E-state index in [1.807, 2.05) is 24.4 Å². The standard InChI is InChI=1S/C11H14BrN3/c1-7(13)5-9-3-4-15-10(6-9)14-8(2)11(15)12/h3-4,6-7H,5,13H2,1-2H3. The normalized spacial score (nSPS) is 13.3. The lowest BCUT2D eigenvalue weighted by molar-refractivity contribution is 0.737. The molecule has 2 rings (SSSR count). The van der Waals surface area contributed by atoms with Crippen LogP contribution in [0.5, 0.6) is 0 Å². The van der Waals surface area contributed by atoms with E-state index in [1.54, 1.807) is 0 Å². The minimum atomic E-state index is 0.187. The van der Waals surface area contributed by atoms with Gasteiger partial charge < -0.3 is 5.73 Å². The highest BCUT2D eigenvalue weighted by Gasteiger charge is 2.06. The molecule has 2 aromatic rings. The van der Waals surface area contributed by atoms with E-state index >= 15 is 0 Å². The van der Waals surface area contributed by atoms with Gasteiger partial charge in [0.15, 0.2) is 0 Å². The molecule has 0 aliphatic carbocycles. The van der Waals surface area contributed by atoms with E-state index in [1.165, 1.54) is 5.56 Å². The fraction of sp³-hybridized carbons (Fsp3) is 0.364. The number of halogens is 1. The molecule has 3 nitrogen and oxygen atoms in total. The smallest absolute Gasteiger partial charge is 0.138 e. The van der Waals surface area contributed by atoms with Gasteiger partial charge in [0.25, 0.3) is 0 Å². The van der Waals surface area contributed by atoms with Crippen molar-refractivity contribution in [1.29, 1.82) is 0 Å². The monoisotopic (exact) mass is 267 g/mol. The Kier molecular flexibility index (Phi) is 2.80. The van der Waals surface area contributed by atoms with Gasteiger partial charge in [-0.2, -0.15) is 0 Å². The van der Waals surface area contributed by atoms with Crippen molar-refractivity contribution < 1.29 is 0 Å². The van der Waals surface area contributed by atoms with E-state index in [2.05, 4.69) is 33.0 Å². The molecule has 0 amide bonds. The summed E-state index contributed by atoms with van der Waals surface area (Å²) in [7, 11) is 0. The molecule has 2 heterocycles. The van der Waals surface area contributed by atoms with Gasteiger partial charge in [0.05, 0.1) is 5.69 Å². The summed E-state index contributed by atoms with van der Waals surface area (Å²) in [5.74, 6) is 0. The summed E-state index contributed by atoms with van der Waals surface area (Å²) in [6.07, 6.45) is 2.91. The highest BCUT2D eigenvalue weighted by atomic mass is 79.9. The first kappa shape index (κ1) is 10.6. The van der Waals surface area contributed by atoms with Crippen LogP contribution >= 0.6 is 15.9 Å². The third-order valence-corrected chi connectivity index (χ3v) is 3.30. The fourth-order valence-corrected chi connectivity index (χ4v) is 2.06. The Bertz CT molecular complexity index is 488. The Balaban J connectivity index is 2.47. The van der Waals surface area contributed by atoms with Gasteiger partial charge in [0.1, 0.15) is 10.3 Å². The second-order valence-electron chi connectivity index (χ2n) is 3.93. The van der Waals surface area contributed by atoms with Crippen LogP contribution < -0.4 is 5.73 Å². The molecule has 0 aliphatic rings. The van der Waals surface area contributed by atoms with Gasteiger partial charge >= 0.3 is 0 Å². The lowest BCUT2D eigenvalue weighted by Gasteiger charge is -2.05. The lowest BCUT2D eigenvalue weighted by atomic mass is 10.1. The van der Waals surface area contributed by atoms with Crippen LogP contribution in [-0.4, -0.2) is 15.4 Å². The summed E-state index contributed by atoms with van der Waals surface area (Å²) in [5, 5.41) is 0. The van der Waals surface area contributed by atoms with Gasteiger partial charge in [-0.25, -0.2) is 4.98 Å². The highest BCUT2D eigenvalue weighted by Crippen LogP contribution is 2.19. The fourth-order valence-electron chi connectivity index (χ4n) is 1.67. The molecular formula is C11H14BrN3. The average molecular weight is 268 g/mol. The van der Waals surface area contributed by atoms with Crippen molar-refractivity contribution in [2.75, 3.05) is 0 Å². The number of nitrogens with zero attached hydrogens (tertiary/aromatic N) is 2. The zero-order chi connectivity index (χ0) is 11.0. The molecule has 0 aromatic carbocycles. The molecule has 1 unspecified atom stereocenters. The molecule has 2 aromatic heterocycles. The van der Waals surface area contributed by atoms with E-state index in [0.29, 0.717) is 0 Å². The number of hydrogen-bond acceptors (Lipinski definition) is 2. The maximum atomic E-state index is 5.77. The van der Waals surface area contributed by atoms with Gasteiger partial charge in [-0.3, -0.25) is 4.40 Å².